The second-order valence-electron chi connectivity index (χ2n) is 7.35. The van der Waals surface area contributed by atoms with Gasteiger partial charge in [0.25, 0.3) is 0 Å². The Morgan fingerprint density at radius 3 is 2.75 bits per heavy atom. The predicted molar refractivity (Wildman–Crippen MR) is 109 cm³/mol. The molecule has 1 saturated heterocycles. The van der Waals surface area contributed by atoms with E-state index in [1.54, 1.807) is 0 Å². The summed E-state index contributed by atoms with van der Waals surface area (Å²) in [6, 6.07) is 15.7. The monoisotopic (exact) mass is 400 g/mol. The van der Waals surface area contributed by atoms with Crippen LogP contribution in [0.15, 0.2) is 48.5 Å². The average molecular weight is 401 g/mol. The van der Waals surface area contributed by atoms with Crippen LogP contribution in [0.5, 0.6) is 5.75 Å². The topological polar surface area (TPSA) is 50.8 Å². The number of ether oxygens (including phenoxy) is 2. The molecule has 4 rings (SSSR count). The minimum Gasteiger partial charge on any atom is -0.492 e. The highest BCUT2D eigenvalue weighted by atomic mass is 35.5. The molecule has 2 aromatic carbocycles. The third kappa shape index (κ3) is 4.66. The van der Waals surface area contributed by atoms with Gasteiger partial charge in [-0.3, -0.25) is 9.69 Å². The second-order valence-corrected chi connectivity index (χ2v) is 7.79. The Kier molecular flexibility index (Phi) is 6.15. The summed E-state index contributed by atoms with van der Waals surface area (Å²) >= 11 is 6.10. The van der Waals surface area contributed by atoms with Crippen LogP contribution in [0.25, 0.3) is 0 Å². The maximum absolute atomic E-state index is 13.1. The number of halogens is 1. The van der Waals surface area contributed by atoms with Gasteiger partial charge in [0, 0.05) is 24.7 Å². The largest absolute Gasteiger partial charge is 0.492 e. The van der Waals surface area contributed by atoms with Crippen LogP contribution >= 0.6 is 11.6 Å². The molecular weight excluding hydrogens is 376 g/mol. The molecule has 2 heterocycles. The summed E-state index contributed by atoms with van der Waals surface area (Å²) in [4.78, 5) is 15.4. The molecule has 0 spiro atoms. The summed E-state index contributed by atoms with van der Waals surface area (Å²) in [6.07, 6.45) is 0.640. The van der Waals surface area contributed by atoms with Crippen LogP contribution in [-0.4, -0.2) is 50.3 Å². The van der Waals surface area contributed by atoms with Crippen molar-refractivity contribution in [2.24, 2.45) is 5.92 Å². The van der Waals surface area contributed by atoms with Gasteiger partial charge in [0.2, 0.25) is 5.91 Å². The highest BCUT2D eigenvalue weighted by Crippen LogP contribution is 2.30. The Morgan fingerprint density at radius 1 is 1.18 bits per heavy atom. The van der Waals surface area contributed by atoms with E-state index in [9.17, 15) is 4.79 Å². The lowest BCUT2D eigenvalue weighted by Gasteiger charge is -2.32. The molecule has 0 radical (unpaired) electrons. The molecule has 0 aliphatic carbocycles. The first-order valence-corrected chi connectivity index (χ1v) is 10.1. The van der Waals surface area contributed by atoms with E-state index >= 15 is 0 Å². The molecule has 5 nitrogen and oxygen atoms in total. The Morgan fingerprint density at radius 2 is 1.96 bits per heavy atom. The molecule has 0 bridgehead atoms. The van der Waals surface area contributed by atoms with Crippen LogP contribution in [0.3, 0.4) is 0 Å². The standard InChI is InChI=1S/C22H25ClN2O3/c23-19-6-7-21-17(13-19)12-18(15-28-21)22(26)24-20(16-4-2-1-3-5-16)14-25-8-10-27-11-9-25/h1-7,13,18,20H,8-12,14-15H2,(H,24,26)/t18-,20+/m1/s1. The zero-order valence-electron chi connectivity index (χ0n) is 15.8. The van der Waals surface area contributed by atoms with Crippen LogP contribution in [-0.2, 0) is 16.0 Å². The SMILES string of the molecule is O=C(N[C@@H](CN1CCOCC1)c1ccccc1)[C@H]1COc2ccc(Cl)cc2C1. The Balaban J connectivity index is 1.46. The fourth-order valence-corrected chi connectivity index (χ4v) is 3.98. The van der Waals surface area contributed by atoms with Crippen molar-refractivity contribution < 1.29 is 14.3 Å². The van der Waals surface area contributed by atoms with Gasteiger partial charge in [-0.25, -0.2) is 0 Å². The fourth-order valence-electron chi connectivity index (χ4n) is 3.78. The summed E-state index contributed by atoms with van der Waals surface area (Å²) < 4.78 is 11.3. The molecule has 148 valence electrons. The number of morpholine rings is 1. The number of hydrogen-bond acceptors (Lipinski definition) is 4. The zero-order chi connectivity index (χ0) is 19.3. The van der Waals surface area contributed by atoms with E-state index in [-0.39, 0.29) is 17.9 Å². The average Bonchev–Trinajstić information content (AvgIpc) is 2.74. The molecule has 0 saturated carbocycles. The maximum atomic E-state index is 13.1. The van der Waals surface area contributed by atoms with Crippen LogP contribution in [0.1, 0.15) is 17.2 Å². The highest BCUT2D eigenvalue weighted by Gasteiger charge is 2.29. The molecular formula is C22H25ClN2O3. The number of fused-ring (bicyclic) bond motifs is 1. The first-order chi connectivity index (χ1) is 13.7. The van der Waals surface area contributed by atoms with Crippen molar-refractivity contribution in [1.29, 1.82) is 0 Å². The lowest BCUT2D eigenvalue weighted by molar-refractivity contribution is -0.127. The van der Waals surface area contributed by atoms with Gasteiger partial charge in [-0.05, 0) is 35.7 Å². The van der Waals surface area contributed by atoms with E-state index < -0.39 is 0 Å². The van der Waals surface area contributed by atoms with E-state index in [4.69, 9.17) is 21.1 Å². The third-order valence-electron chi connectivity index (χ3n) is 5.36. The Bertz CT molecular complexity index is 809. The first-order valence-electron chi connectivity index (χ1n) is 9.75. The van der Waals surface area contributed by atoms with E-state index in [0.29, 0.717) is 18.1 Å². The Hall–Kier alpha value is -2.08. The minimum atomic E-state index is -0.220. The van der Waals surface area contributed by atoms with Gasteiger partial charge in [0.1, 0.15) is 12.4 Å². The van der Waals surface area contributed by atoms with Crippen molar-refractivity contribution >= 4 is 17.5 Å². The molecule has 2 aliphatic heterocycles. The highest BCUT2D eigenvalue weighted by molar-refractivity contribution is 6.30. The fraction of sp³-hybridized carbons (Fsp3) is 0.409. The quantitative estimate of drug-likeness (QED) is 0.838. The zero-order valence-corrected chi connectivity index (χ0v) is 16.5. The second kappa shape index (κ2) is 8.95. The molecule has 1 N–H and O–H groups in total. The third-order valence-corrected chi connectivity index (χ3v) is 5.60. The van der Waals surface area contributed by atoms with Crippen molar-refractivity contribution in [1.82, 2.24) is 10.2 Å². The number of benzene rings is 2. The van der Waals surface area contributed by atoms with Crippen LogP contribution in [0, 0.1) is 5.92 Å². The van der Waals surface area contributed by atoms with Crippen LogP contribution in [0.2, 0.25) is 5.02 Å². The molecule has 6 heteroatoms. The predicted octanol–water partition coefficient (Wildman–Crippen LogP) is 3.08. The molecule has 1 amide bonds. The maximum Gasteiger partial charge on any atom is 0.227 e. The number of nitrogens with zero attached hydrogens (tertiary/aromatic N) is 1. The summed E-state index contributed by atoms with van der Waals surface area (Å²) in [5, 5.41) is 3.93. The van der Waals surface area contributed by atoms with E-state index in [1.807, 2.05) is 36.4 Å². The number of rotatable bonds is 5. The number of nitrogens with one attached hydrogen (secondary N) is 1. The molecule has 2 aliphatic rings. The van der Waals surface area contributed by atoms with E-state index in [0.717, 1.165) is 49.7 Å². The van der Waals surface area contributed by atoms with Crippen molar-refractivity contribution in [2.75, 3.05) is 39.5 Å². The summed E-state index contributed by atoms with van der Waals surface area (Å²) in [5.74, 6) is 0.621. The molecule has 2 aromatic rings. The lowest BCUT2D eigenvalue weighted by Crippen LogP contribution is -2.45. The molecule has 28 heavy (non-hydrogen) atoms. The van der Waals surface area contributed by atoms with Gasteiger partial charge in [-0.1, -0.05) is 41.9 Å². The molecule has 0 unspecified atom stereocenters. The van der Waals surface area contributed by atoms with Crippen molar-refractivity contribution in [3.63, 3.8) is 0 Å². The summed E-state index contributed by atoms with van der Waals surface area (Å²) in [6.45, 7) is 4.41. The number of carbonyl (C=O) groups excluding carboxylic acids is 1. The lowest BCUT2D eigenvalue weighted by atomic mass is 9.95. The summed E-state index contributed by atoms with van der Waals surface area (Å²) in [5.41, 5.74) is 2.10. The number of carbonyl (C=O) groups is 1. The van der Waals surface area contributed by atoms with E-state index in [2.05, 4.69) is 22.3 Å². The van der Waals surface area contributed by atoms with Gasteiger partial charge in [-0.2, -0.15) is 0 Å². The van der Waals surface area contributed by atoms with Gasteiger partial charge in [0.05, 0.1) is 25.2 Å². The number of hydrogen-bond donors (Lipinski definition) is 1. The normalized spacial score (nSPS) is 20.7. The van der Waals surface area contributed by atoms with Crippen LogP contribution < -0.4 is 10.1 Å². The smallest absolute Gasteiger partial charge is 0.227 e. The molecule has 2 atom stereocenters. The van der Waals surface area contributed by atoms with Crippen molar-refractivity contribution in [2.45, 2.75) is 12.5 Å². The molecule has 1 fully saturated rings. The molecule has 0 aromatic heterocycles. The number of amides is 1. The van der Waals surface area contributed by atoms with Gasteiger partial charge < -0.3 is 14.8 Å². The van der Waals surface area contributed by atoms with Gasteiger partial charge in [-0.15, -0.1) is 0 Å². The summed E-state index contributed by atoms with van der Waals surface area (Å²) in [7, 11) is 0. The van der Waals surface area contributed by atoms with Gasteiger partial charge >= 0.3 is 0 Å². The van der Waals surface area contributed by atoms with Crippen LogP contribution in [0.4, 0.5) is 0 Å². The van der Waals surface area contributed by atoms with Gasteiger partial charge in [0.15, 0.2) is 0 Å². The first kappa shape index (κ1) is 19.2. The van der Waals surface area contributed by atoms with Crippen molar-refractivity contribution in [3.8, 4) is 5.75 Å². The Labute approximate surface area is 170 Å². The van der Waals surface area contributed by atoms with Crippen molar-refractivity contribution in [3.05, 3.63) is 64.7 Å². The minimum absolute atomic E-state index is 0.0211. The van der Waals surface area contributed by atoms with E-state index in [1.165, 1.54) is 0 Å².